The van der Waals surface area contributed by atoms with E-state index >= 15 is 0 Å². The van der Waals surface area contributed by atoms with Gasteiger partial charge in [-0.3, -0.25) is 4.79 Å². The molecule has 2 N–H and O–H groups in total. The number of aliphatic hydroxyl groups excluding tert-OH is 1. The van der Waals surface area contributed by atoms with Crippen LogP contribution in [-0.2, 0) is 0 Å². The third kappa shape index (κ3) is 2.76. The highest BCUT2D eigenvalue weighted by atomic mass is 16.3. The third-order valence-corrected chi connectivity index (χ3v) is 5.76. The van der Waals surface area contributed by atoms with Gasteiger partial charge < -0.3 is 15.0 Å². The van der Waals surface area contributed by atoms with Crippen molar-refractivity contribution < 1.29 is 9.90 Å². The first-order chi connectivity index (χ1) is 14.2. The number of aryl methyl sites for hydroxylation is 1. The highest BCUT2D eigenvalue weighted by Gasteiger charge is 2.39. The number of carbonyl (C=O) groups excluding carboxylic acids is 1. The summed E-state index contributed by atoms with van der Waals surface area (Å²) in [4.78, 5) is 18.5. The summed E-state index contributed by atoms with van der Waals surface area (Å²) in [5.41, 5.74) is 7.13. The molecule has 1 aliphatic rings. The number of aliphatic hydroxyl groups is 1. The zero-order chi connectivity index (χ0) is 20.0. The lowest BCUT2D eigenvalue weighted by atomic mass is 9.93. The lowest BCUT2D eigenvalue weighted by molar-refractivity contribution is 0.0713. The maximum Gasteiger partial charge on any atom is 0.255 e. The molecule has 0 spiro atoms. The third-order valence-electron chi connectivity index (χ3n) is 5.76. The lowest BCUT2D eigenvalue weighted by Gasteiger charge is -2.26. The van der Waals surface area contributed by atoms with Crippen molar-refractivity contribution in [2.24, 2.45) is 0 Å². The Morgan fingerprint density at radius 2 is 1.69 bits per heavy atom. The summed E-state index contributed by atoms with van der Waals surface area (Å²) in [6.07, 6.45) is 0. The van der Waals surface area contributed by atoms with Crippen molar-refractivity contribution in [3.05, 3.63) is 95.1 Å². The molecule has 0 fully saturated rings. The molecule has 144 valence electrons. The monoisotopic (exact) mass is 382 g/mol. The van der Waals surface area contributed by atoms with Crippen LogP contribution in [0.15, 0.2) is 72.8 Å². The number of rotatable bonds is 4. The highest BCUT2D eigenvalue weighted by Crippen LogP contribution is 2.45. The summed E-state index contributed by atoms with van der Waals surface area (Å²) < 4.78 is 0. The van der Waals surface area contributed by atoms with E-state index in [0.717, 1.165) is 33.3 Å². The molecule has 0 aliphatic carbocycles. The molecule has 5 rings (SSSR count). The normalized spacial score (nSPS) is 15.9. The summed E-state index contributed by atoms with van der Waals surface area (Å²) in [6, 6.07) is 24.2. The second-order valence-corrected chi connectivity index (χ2v) is 7.54. The topological polar surface area (TPSA) is 56.3 Å². The van der Waals surface area contributed by atoms with Gasteiger partial charge in [0.2, 0.25) is 0 Å². The predicted octanol–water partition coefficient (Wildman–Crippen LogP) is 4.68. The number of fused-ring (bicyclic) bond motifs is 2. The van der Waals surface area contributed by atoms with Crippen molar-refractivity contribution in [3.8, 4) is 11.3 Å². The Hall–Kier alpha value is -3.37. The van der Waals surface area contributed by atoms with E-state index in [4.69, 9.17) is 0 Å². The minimum atomic E-state index is -0.238. The molecule has 0 bridgehead atoms. The van der Waals surface area contributed by atoms with Crippen LogP contribution in [0.2, 0.25) is 0 Å². The molecule has 1 amide bonds. The van der Waals surface area contributed by atoms with Gasteiger partial charge in [-0.15, -0.1) is 0 Å². The quantitative estimate of drug-likeness (QED) is 0.538. The summed E-state index contributed by atoms with van der Waals surface area (Å²) in [6.45, 7) is 2.30. The lowest BCUT2D eigenvalue weighted by Crippen LogP contribution is -2.31. The summed E-state index contributed by atoms with van der Waals surface area (Å²) in [5.74, 6) is -0.0280. The SMILES string of the molecule is Cc1ccc(-c2[nH]c3ccccc3c2C2c3ccccc3C(=O)N2CCO)cc1. The number of nitrogens with one attached hydrogen (secondary N) is 1. The van der Waals surface area contributed by atoms with E-state index in [1.165, 1.54) is 5.56 Å². The molecule has 1 unspecified atom stereocenters. The van der Waals surface area contributed by atoms with E-state index in [-0.39, 0.29) is 18.6 Å². The van der Waals surface area contributed by atoms with Crippen LogP contribution in [0.1, 0.15) is 33.1 Å². The minimum absolute atomic E-state index is 0.0280. The molecule has 3 aromatic carbocycles. The van der Waals surface area contributed by atoms with Crippen molar-refractivity contribution in [2.45, 2.75) is 13.0 Å². The van der Waals surface area contributed by atoms with Gasteiger partial charge in [-0.1, -0.05) is 66.2 Å². The zero-order valence-corrected chi connectivity index (χ0v) is 16.2. The van der Waals surface area contributed by atoms with Crippen LogP contribution in [0.4, 0.5) is 0 Å². The first-order valence-corrected chi connectivity index (χ1v) is 9.87. The zero-order valence-electron chi connectivity index (χ0n) is 16.2. The molecule has 1 aliphatic heterocycles. The van der Waals surface area contributed by atoms with Gasteiger partial charge in [0.15, 0.2) is 0 Å². The van der Waals surface area contributed by atoms with Gasteiger partial charge in [0.1, 0.15) is 0 Å². The number of benzene rings is 3. The number of aromatic amines is 1. The maximum absolute atomic E-state index is 13.1. The maximum atomic E-state index is 13.1. The molecule has 29 heavy (non-hydrogen) atoms. The van der Waals surface area contributed by atoms with Gasteiger partial charge in [-0.2, -0.15) is 0 Å². The smallest absolute Gasteiger partial charge is 0.255 e. The van der Waals surface area contributed by atoms with E-state index in [1.54, 1.807) is 4.90 Å². The van der Waals surface area contributed by atoms with Crippen molar-refractivity contribution >= 4 is 16.8 Å². The van der Waals surface area contributed by atoms with Crippen LogP contribution in [0.25, 0.3) is 22.2 Å². The molecule has 4 aromatic rings. The van der Waals surface area contributed by atoms with Gasteiger partial charge >= 0.3 is 0 Å². The van der Waals surface area contributed by atoms with E-state index in [9.17, 15) is 9.90 Å². The average molecular weight is 382 g/mol. The van der Waals surface area contributed by atoms with Gasteiger partial charge in [0.05, 0.1) is 18.3 Å². The number of nitrogens with zero attached hydrogens (tertiary/aromatic N) is 1. The van der Waals surface area contributed by atoms with E-state index in [2.05, 4.69) is 48.3 Å². The number of para-hydroxylation sites is 1. The van der Waals surface area contributed by atoms with Crippen LogP contribution in [0.5, 0.6) is 0 Å². The molecule has 0 radical (unpaired) electrons. The Morgan fingerprint density at radius 1 is 0.966 bits per heavy atom. The van der Waals surface area contributed by atoms with E-state index in [1.807, 2.05) is 36.4 Å². The number of hydrogen-bond donors (Lipinski definition) is 2. The van der Waals surface area contributed by atoms with Crippen molar-refractivity contribution in [1.82, 2.24) is 9.88 Å². The van der Waals surface area contributed by atoms with Gasteiger partial charge in [-0.25, -0.2) is 0 Å². The Kier molecular flexibility index (Phi) is 4.22. The second kappa shape index (κ2) is 6.90. The van der Waals surface area contributed by atoms with Crippen molar-refractivity contribution in [2.75, 3.05) is 13.2 Å². The van der Waals surface area contributed by atoms with Crippen LogP contribution in [0.3, 0.4) is 0 Å². The molecule has 1 aromatic heterocycles. The molecule has 2 heterocycles. The van der Waals surface area contributed by atoms with Crippen LogP contribution in [-0.4, -0.2) is 34.0 Å². The van der Waals surface area contributed by atoms with Crippen molar-refractivity contribution in [3.63, 3.8) is 0 Å². The summed E-state index contributed by atoms with van der Waals surface area (Å²) >= 11 is 0. The molecule has 4 nitrogen and oxygen atoms in total. The van der Waals surface area contributed by atoms with E-state index < -0.39 is 0 Å². The van der Waals surface area contributed by atoms with Crippen molar-refractivity contribution in [1.29, 1.82) is 0 Å². The summed E-state index contributed by atoms with van der Waals surface area (Å²) in [7, 11) is 0. The fraction of sp³-hybridized carbons (Fsp3) is 0.160. The Bertz CT molecular complexity index is 1210. The van der Waals surface area contributed by atoms with Gasteiger partial charge in [0.25, 0.3) is 5.91 Å². The molecule has 0 saturated heterocycles. The minimum Gasteiger partial charge on any atom is -0.395 e. The second-order valence-electron chi connectivity index (χ2n) is 7.54. The standard InChI is InChI=1S/C25H22N2O2/c1-16-10-12-17(13-11-16)23-22(20-8-4-5-9-21(20)26-23)24-18-6-2-3-7-19(18)25(29)27(24)14-15-28/h2-13,24,26,28H,14-15H2,1H3. The van der Waals surface area contributed by atoms with Crippen LogP contribution < -0.4 is 0 Å². The largest absolute Gasteiger partial charge is 0.395 e. The van der Waals surface area contributed by atoms with Crippen LogP contribution in [0, 0.1) is 6.92 Å². The van der Waals surface area contributed by atoms with Crippen LogP contribution >= 0.6 is 0 Å². The Balaban J connectivity index is 1.80. The number of β-amino-alcohol motifs (C(OH)–C–C–N with tert-alkyl or cyclic N) is 1. The predicted molar refractivity (Wildman–Crippen MR) is 115 cm³/mol. The van der Waals surface area contributed by atoms with Gasteiger partial charge in [0, 0.05) is 28.6 Å². The molecule has 4 heteroatoms. The highest BCUT2D eigenvalue weighted by molar-refractivity contribution is 6.02. The molecular formula is C25H22N2O2. The number of hydrogen-bond acceptors (Lipinski definition) is 2. The fourth-order valence-corrected chi connectivity index (χ4v) is 4.42. The first-order valence-electron chi connectivity index (χ1n) is 9.87. The number of aromatic nitrogens is 1. The summed E-state index contributed by atoms with van der Waals surface area (Å²) in [5, 5.41) is 10.8. The number of carbonyl (C=O) groups is 1. The number of amides is 1. The Labute approximate surface area is 169 Å². The fourth-order valence-electron chi connectivity index (χ4n) is 4.42. The average Bonchev–Trinajstić information content (AvgIpc) is 3.25. The van der Waals surface area contributed by atoms with Gasteiger partial charge in [-0.05, 0) is 30.2 Å². The molecular weight excluding hydrogens is 360 g/mol. The number of H-pyrrole nitrogens is 1. The molecule has 0 saturated carbocycles. The van der Waals surface area contributed by atoms with E-state index in [0.29, 0.717) is 12.1 Å². The Morgan fingerprint density at radius 3 is 2.48 bits per heavy atom. The first kappa shape index (κ1) is 17.7. The molecule has 1 atom stereocenters.